The molecule has 2 aromatic rings. The van der Waals surface area contributed by atoms with E-state index in [1.165, 1.54) is 0 Å². The third-order valence-electron chi connectivity index (χ3n) is 2.97. The Kier molecular flexibility index (Phi) is 4.52. The molecule has 2 aromatic heterocycles. The van der Waals surface area contributed by atoms with Crippen LogP contribution in [0.3, 0.4) is 0 Å². The molecule has 0 aliphatic carbocycles. The first kappa shape index (κ1) is 14.3. The number of aryl methyl sites for hydroxylation is 2. The van der Waals surface area contributed by atoms with Gasteiger partial charge in [0.2, 0.25) is 5.91 Å². The van der Waals surface area contributed by atoms with Crippen LogP contribution >= 0.6 is 11.3 Å². The van der Waals surface area contributed by atoms with Crippen molar-refractivity contribution in [1.29, 1.82) is 0 Å². The fourth-order valence-electron chi connectivity index (χ4n) is 1.75. The van der Waals surface area contributed by atoms with Gasteiger partial charge in [0.1, 0.15) is 0 Å². The van der Waals surface area contributed by atoms with Gasteiger partial charge in [-0.25, -0.2) is 5.43 Å². The van der Waals surface area contributed by atoms with E-state index in [1.807, 2.05) is 18.4 Å². The second-order valence-electron chi connectivity index (χ2n) is 4.44. The maximum Gasteiger partial charge on any atom is 0.267 e. The van der Waals surface area contributed by atoms with E-state index in [0.717, 1.165) is 16.1 Å². The van der Waals surface area contributed by atoms with Crippen molar-refractivity contribution in [3.63, 3.8) is 0 Å². The quantitative estimate of drug-likeness (QED) is 0.575. The molecule has 7 heteroatoms. The number of amides is 1. The number of aromatic nitrogens is 2. The Balaban J connectivity index is 1.83. The average molecular weight is 292 g/mol. The lowest BCUT2D eigenvalue weighted by Gasteiger charge is -1.98. The van der Waals surface area contributed by atoms with Crippen LogP contribution in [0.5, 0.6) is 0 Å². The predicted molar refractivity (Wildman–Crippen MR) is 79.3 cm³/mol. The molecule has 0 bridgehead atoms. The zero-order valence-corrected chi connectivity index (χ0v) is 12.1. The van der Waals surface area contributed by atoms with E-state index in [1.54, 1.807) is 24.5 Å². The van der Waals surface area contributed by atoms with Crippen LogP contribution in [0.2, 0.25) is 0 Å². The SMILES string of the molecule is Cc1ccsc1/C=N/NC(=O)CCc1c(C)[nH][nH]c1=O. The summed E-state index contributed by atoms with van der Waals surface area (Å²) in [6.07, 6.45) is 2.25. The van der Waals surface area contributed by atoms with E-state index < -0.39 is 0 Å². The minimum atomic E-state index is -0.213. The highest BCUT2D eigenvalue weighted by Crippen LogP contribution is 2.12. The average Bonchev–Trinajstić information content (AvgIpc) is 2.95. The standard InChI is InChI=1S/C13H16N4O2S/c1-8-5-6-20-11(8)7-14-16-12(18)4-3-10-9(2)15-17-13(10)19/h5-7H,3-4H2,1-2H3,(H,16,18)(H2,15,17,19)/b14-7+. The number of hydrogen-bond acceptors (Lipinski definition) is 4. The normalized spacial score (nSPS) is 11.1. The van der Waals surface area contributed by atoms with Gasteiger partial charge in [-0.05, 0) is 37.3 Å². The Labute approximate surface area is 119 Å². The van der Waals surface area contributed by atoms with E-state index in [9.17, 15) is 9.59 Å². The van der Waals surface area contributed by atoms with Crippen LogP contribution in [0.1, 0.15) is 28.1 Å². The fraction of sp³-hybridized carbons (Fsp3) is 0.308. The molecule has 20 heavy (non-hydrogen) atoms. The first-order valence-electron chi connectivity index (χ1n) is 6.20. The summed E-state index contributed by atoms with van der Waals surface area (Å²) in [4.78, 5) is 24.1. The maximum absolute atomic E-state index is 11.6. The number of hydrazone groups is 1. The molecule has 0 aliphatic heterocycles. The molecule has 3 N–H and O–H groups in total. The Morgan fingerprint density at radius 1 is 1.45 bits per heavy atom. The molecule has 0 spiro atoms. The summed E-state index contributed by atoms with van der Waals surface area (Å²) in [5, 5.41) is 11.1. The minimum absolute atomic E-state index is 0.173. The van der Waals surface area contributed by atoms with Crippen molar-refractivity contribution in [1.82, 2.24) is 15.6 Å². The molecule has 0 saturated heterocycles. The summed E-state index contributed by atoms with van der Waals surface area (Å²) < 4.78 is 0. The molecule has 0 aromatic carbocycles. The smallest absolute Gasteiger partial charge is 0.267 e. The van der Waals surface area contributed by atoms with Gasteiger partial charge in [-0.1, -0.05) is 0 Å². The Hall–Kier alpha value is -2.15. The summed E-state index contributed by atoms with van der Waals surface area (Å²) >= 11 is 1.57. The largest absolute Gasteiger partial charge is 0.302 e. The summed E-state index contributed by atoms with van der Waals surface area (Å²) in [5.74, 6) is -0.213. The Morgan fingerprint density at radius 3 is 2.85 bits per heavy atom. The zero-order chi connectivity index (χ0) is 14.5. The zero-order valence-electron chi connectivity index (χ0n) is 11.3. The van der Waals surface area contributed by atoms with Crippen LogP contribution in [0.15, 0.2) is 21.3 Å². The highest BCUT2D eigenvalue weighted by Gasteiger charge is 2.08. The number of rotatable bonds is 5. The van der Waals surface area contributed by atoms with Crippen molar-refractivity contribution in [2.24, 2.45) is 5.10 Å². The van der Waals surface area contributed by atoms with Gasteiger partial charge in [0.15, 0.2) is 0 Å². The second kappa shape index (κ2) is 6.33. The second-order valence-corrected chi connectivity index (χ2v) is 5.39. The molecule has 6 nitrogen and oxygen atoms in total. The van der Waals surface area contributed by atoms with Gasteiger partial charge in [-0.2, -0.15) is 5.10 Å². The fourth-order valence-corrected chi connectivity index (χ4v) is 2.53. The van der Waals surface area contributed by atoms with Gasteiger partial charge in [0.25, 0.3) is 5.56 Å². The monoisotopic (exact) mass is 292 g/mol. The van der Waals surface area contributed by atoms with Gasteiger partial charge in [0.05, 0.1) is 6.21 Å². The predicted octanol–water partition coefficient (Wildman–Crippen LogP) is 1.46. The van der Waals surface area contributed by atoms with Crippen molar-refractivity contribution in [3.05, 3.63) is 43.5 Å². The lowest BCUT2D eigenvalue weighted by molar-refractivity contribution is -0.121. The molecule has 1 amide bonds. The number of H-pyrrole nitrogens is 2. The molecule has 0 unspecified atom stereocenters. The number of nitrogens with one attached hydrogen (secondary N) is 3. The number of aromatic amines is 2. The lowest BCUT2D eigenvalue weighted by atomic mass is 10.1. The van der Waals surface area contributed by atoms with Crippen LogP contribution in [0.4, 0.5) is 0 Å². The van der Waals surface area contributed by atoms with Crippen molar-refractivity contribution in [2.45, 2.75) is 26.7 Å². The molecule has 2 heterocycles. The summed E-state index contributed by atoms with van der Waals surface area (Å²) in [6.45, 7) is 3.78. The molecule has 0 aliphatic rings. The molecular weight excluding hydrogens is 276 g/mol. The van der Waals surface area contributed by atoms with Gasteiger partial charge in [0, 0.05) is 22.6 Å². The van der Waals surface area contributed by atoms with Crippen LogP contribution < -0.4 is 11.0 Å². The van der Waals surface area contributed by atoms with Crippen LogP contribution in [-0.2, 0) is 11.2 Å². The van der Waals surface area contributed by atoms with E-state index in [0.29, 0.717) is 12.0 Å². The molecule has 2 rings (SSSR count). The molecule has 0 radical (unpaired) electrons. The van der Waals surface area contributed by atoms with E-state index in [2.05, 4.69) is 20.7 Å². The van der Waals surface area contributed by atoms with Crippen molar-refractivity contribution in [3.8, 4) is 0 Å². The van der Waals surface area contributed by atoms with Gasteiger partial charge >= 0.3 is 0 Å². The molecular formula is C13H16N4O2S. The number of thiophene rings is 1. The topological polar surface area (TPSA) is 90.1 Å². The summed E-state index contributed by atoms with van der Waals surface area (Å²) in [6, 6.07) is 1.99. The molecule has 0 atom stereocenters. The van der Waals surface area contributed by atoms with E-state index in [4.69, 9.17) is 0 Å². The maximum atomic E-state index is 11.6. The third kappa shape index (κ3) is 3.45. The van der Waals surface area contributed by atoms with Crippen molar-refractivity contribution < 1.29 is 4.79 Å². The third-order valence-corrected chi connectivity index (χ3v) is 3.92. The number of carbonyl (C=O) groups is 1. The van der Waals surface area contributed by atoms with Crippen molar-refractivity contribution in [2.75, 3.05) is 0 Å². The first-order valence-corrected chi connectivity index (χ1v) is 7.08. The van der Waals surface area contributed by atoms with Crippen LogP contribution in [0.25, 0.3) is 0 Å². The minimum Gasteiger partial charge on any atom is -0.302 e. The number of carbonyl (C=O) groups excluding carboxylic acids is 1. The van der Waals surface area contributed by atoms with Crippen molar-refractivity contribution >= 4 is 23.5 Å². The van der Waals surface area contributed by atoms with E-state index in [-0.39, 0.29) is 17.9 Å². The molecule has 106 valence electrons. The van der Waals surface area contributed by atoms with E-state index >= 15 is 0 Å². The van der Waals surface area contributed by atoms with Gasteiger partial charge in [-0.3, -0.25) is 14.7 Å². The number of nitrogens with zero attached hydrogens (tertiary/aromatic N) is 1. The summed E-state index contributed by atoms with van der Waals surface area (Å²) in [5.41, 5.74) is 4.79. The number of hydrogen-bond donors (Lipinski definition) is 3. The van der Waals surface area contributed by atoms with Gasteiger partial charge < -0.3 is 5.10 Å². The van der Waals surface area contributed by atoms with Gasteiger partial charge in [-0.15, -0.1) is 11.3 Å². The lowest BCUT2D eigenvalue weighted by Crippen LogP contribution is -2.19. The molecule has 0 fully saturated rings. The highest BCUT2D eigenvalue weighted by atomic mass is 32.1. The Morgan fingerprint density at radius 2 is 2.25 bits per heavy atom. The summed E-state index contributed by atoms with van der Waals surface area (Å²) in [7, 11) is 0. The first-order chi connectivity index (χ1) is 9.58. The van der Waals surface area contributed by atoms with Crippen LogP contribution in [-0.4, -0.2) is 22.3 Å². The highest BCUT2D eigenvalue weighted by molar-refractivity contribution is 7.11. The Bertz CT molecular complexity index is 681. The van der Waals surface area contributed by atoms with Crippen LogP contribution in [0, 0.1) is 13.8 Å². The molecule has 0 saturated carbocycles.